The van der Waals surface area contributed by atoms with Crippen molar-refractivity contribution in [3.63, 3.8) is 0 Å². The molecule has 1 aliphatic rings. The van der Waals surface area contributed by atoms with Crippen molar-refractivity contribution in [2.75, 3.05) is 13.1 Å². The number of piperidine rings is 1. The number of rotatable bonds is 5. The molecule has 3 aromatic rings. The highest BCUT2D eigenvalue weighted by Crippen LogP contribution is 2.37. The van der Waals surface area contributed by atoms with E-state index < -0.39 is 11.8 Å². The van der Waals surface area contributed by atoms with E-state index in [1.54, 1.807) is 18.2 Å². The smallest absolute Gasteiger partial charge is 0.253 e. The summed E-state index contributed by atoms with van der Waals surface area (Å²) >= 11 is 6.03. The van der Waals surface area contributed by atoms with Crippen molar-refractivity contribution in [1.82, 2.24) is 9.88 Å². The standard InChI is InChI=1S/C22H22ClF3N2/c23-18-7-8-19-16(12-27-21(19)11-18)13-28-10-9-22(25,26)17(14-28)6-5-15-3-1-2-4-20(15)24/h1-4,7-8,11-12,17,27H,5-6,9-10,13-14H2/t17-/m0/s1. The van der Waals surface area contributed by atoms with E-state index in [9.17, 15) is 13.2 Å². The lowest BCUT2D eigenvalue weighted by molar-refractivity contribution is -0.109. The molecule has 0 aliphatic carbocycles. The number of halogens is 4. The van der Waals surface area contributed by atoms with Crippen molar-refractivity contribution in [1.29, 1.82) is 0 Å². The first-order valence-corrected chi connectivity index (χ1v) is 9.89. The molecule has 28 heavy (non-hydrogen) atoms. The minimum Gasteiger partial charge on any atom is -0.361 e. The number of fused-ring (bicyclic) bond motifs is 1. The van der Waals surface area contributed by atoms with Gasteiger partial charge in [0.1, 0.15) is 5.82 Å². The third-order valence-corrected chi connectivity index (χ3v) is 5.92. The lowest BCUT2D eigenvalue weighted by Crippen LogP contribution is -2.46. The minimum absolute atomic E-state index is 0.164. The summed E-state index contributed by atoms with van der Waals surface area (Å²) in [5.74, 6) is -3.81. The van der Waals surface area contributed by atoms with Gasteiger partial charge in [0, 0.05) is 54.1 Å². The Bertz CT molecular complexity index is 969. The average molecular weight is 407 g/mol. The van der Waals surface area contributed by atoms with E-state index in [1.165, 1.54) is 6.07 Å². The van der Waals surface area contributed by atoms with Gasteiger partial charge in [0.15, 0.2) is 0 Å². The van der Waals surface area contributed by atoms with Gasteiger partial charge in [-0.1, -0.05) is 35.9 Å². The van der Waals surface area contributed by atoms with Gasteiger partial charge in [0.2, 0.25) is 0 Å². The molecular weight excluding hydrogens is 385 g/mol. The summed E-state index contributed by atoms with van der Waals surface area (Å²) in [6.45, 7) is 1.26. The first-order chi connectivity index (χ1) is 13.4. The van der Waals surface area contributed by atoms with Crippen molar-refractivity contribution < 1.29 is 13.2 Å². The van der Waals surface area contributed by atoms with Crippen LogP contribution in [0.2, 0.25) is 5.02 Å². The second-order valence-electron chi connectivity index (χ2n) is 7.58. The Balaban J connectivity index is 1.45. The molecule has 2 aromatic carbocycles. The Labute approximate surface area is 167 Å². The highest BCUT2D eigenvalue weighted by Gasteiger charge is 2.43. The molecular formula is C22H22ClF3N2. The van der Waals surface area contributed by atoms with E-state index in [2.05, 4.69) is 9.88 Å². The third-order valence-electron chi connectivity index (χ3n) is 5.68. The summed E-state index contributed by atoms with van der Waals surface area (Å²) in [5, 5.41) is 1.72. The number of nitrogens with one attached hydrogen (secondary N) is 1. The first-order valence-electron chi connectivity index (χ1n) is 9.51. The van der Waals surface area contributed by atoms with Crippen molar-refractivity contribution in [3.8, 4) is 0 Å². The number of alkyl halides is 2. The Morgan fingerprint density at radius 2 is 1.96 bits per heavy atom. The number of hydrogen-bond acceptors (Lipinski definition) is 1. The van der Waals surface area contributed by atoms with Gasteiger partial charge >= 0.3 is 0 Å². The number of benzene rings is 2. The molecule has 0 bridgehead atoms. The van der Waals surface area contributed by atoms with Crippen LogP contribution in [0.25, 0.3) is 10.9 Å². The van der Waals surface area contributed by atoms with E-state index in [0.717, 1.165) is 16.5 Å². The molecule has 0 radical (unpaired) electrons. The first kappa shape index (κ1) is 19.3. The zero-order valence-corrected chi connectivity index (χ0v) is 16.2. The van der Waals surface area contributed by atoms with Crippen LogP contribution in [0.15, 0.2) is 48.7 Å². The Morgan fingerprint density at radius 3 is 2.79 bits per heavy atom. The number of aromatic nitrogens is 1. The summed E-state index contributed by atoms with van der Waals surface area (Å²) < 4.78 is 42.8. The predicted molar refractivity (Wildman–Crippen MR) is 106 cm³/mol. The molecule has 2 nitrogen and oxygen atoms in total. The molecule has 148 valence electrons. The molecule has 0 unspecified atom stereocenters. The summed E-state index contributed by atoms with van der Waals surface area (Å²) in [4.78, 5) is 5.27. The van der Waals surface area contributed by atoms with Crippen LogP contribution >= 0.6 is 11.6 Å². The zero-order valence-electron chi connectivity index (χ0n) is 15.4. The average Bonchev–Trinajstić information content (AvgIpc) is 3.05. The summed E-state index contributed by atoms with van der Waals surface area (Å²) in [6.07, 6.45) is 2.35. The van der Waals surface area contributed by atoms with Crippen LogP contribution in [0, 0.1) is 11.7 Å². The van der Waals surface area contributed by atoms with E-state index >= 15 is 0 Å². The van der Waals surface area contributed by atoms with Gasteiger partial charge in [0.25, 0.3) is 5.92 Å². The van der Waals surface area contributed by atoms with Crippen LogP contribution in [-0.2, 0) is 13.0 Å². The Kier molecular flexibility index (Phi) is 5.39. The molecule has 6 heteroatoms. The molecule has 0 spiro atoms. The topological polar surface area (TPSA) is 19.0 Å². The van der Waals surface area contributed by atoms with Crippen molar-refractivity contribution >= 4 is 22.5 Å². The maximum atomic E-state index is 14.5. The van der Waals surface area contributed by atoms with Gasteiger partial charge in [-0.15, -0.1) is 0 Å². The number of nitrogens with zero attached hydrogens (tertiary/aromatic N) is 1. The quantitative estimate of drug-likeness (QED) is 0.546. The van der Waals surface area contributed by atoms with Crippen LogP contribution in [-0.4, -0.2) is 28.9 Å². The van der Waals surface area contributed by atoms with E-state index in [4.69, 9.17) is 11.6 Å². The van der Waals surface area contributed by atoms with Crippen molar-refractivity contribution in [2.45, 2.75) is 31.7 Å². The fourth-order valence-electron chi connectivity index (χ4n) is 4.06. The molecule has 1 aliphatic heterocycles. The molecule has 4 rings (SSSR count). The maximum Gasteiger partial charge on any atom is 0.253 e. The molecule has 2 heterocycles. The third kappa shape index (κ3) is 4.06. The van der Waals surface area contributed by atoms with E-state index in [-0.39, 0.29) is 18.7 Å². The Morgan fingerprint density at radius 1 is 1.14 bits per heavy atom. The minimum atomic E-state index is -2.71. The van der Waals surface area contributed by atoms with Crippen LogP contribution < -0.4 is 0 Å². The van der Waals surface area contributed by atoms with Crippen molar-refractivity contribution in [2.24, 2.45) is 5.92 Å². The maximum absolute atomic E-state index is 14.5. The number of aryl methyl sites for hydroxylation is 1. The highest BCUT2D eigenvalue weighted by atomic mass is 35.5. The number of aromatic amines is 1. The van der Waals surface area contributed by atoms with E-state index in [0.29, 0.717) is 36.6 Å². The lowest BCUT2D eigenvalue weighted by atomic mass is 9.88. The zero-order chi connectivity index (χ0) is 19.7. The molecule has 0 saturated carbocycles. The number of hydrogen-bond donors (Lipinski definition) is 1. The van der Waals surface area contributed by atoms with Crippen molar-refractivity contribution in [3.05, 3.63) is 70.6 Å². The molecule has 1 saturated heterocycles. The SMILES string of the molecule is Fc1ccccc1CC[C@H]1CN(Cc2c[nH]c3cc(Cl)ccc23)CCC1(F)F. The largest absolute Gasteiger partial charge is 0.361 e. The van der Waals surface area contributed by atoms with Gasteiger partial charge in [0.05, 0.1) is 0 Å². The molecule has 1 fully saturated rings. The van der Waals surface area contributed by atoms with E-state index in [1.807, 2.05) is 24.4 Å². The van der Waals surface area contributed by atoms with Gasteiger partial charge < -0.3 is 4.98 Å². The monoisotopic (exact) mass is 406 g/mol. The summed E-state index contributed by atoms with van der Waals surface area (Å²) in [6, 6.07) is 12.1. The number of likely N-dealkylation sites (tertiary alicyclic amines) is 1. The lowest BCUT2D eigenvalue weighted by Gasteiger charge is -2.38. The van der Waals surface area contributed by atoms with Gasteiger partial charge in [-0.3, -0.25) is 4.90 Å². The van der Waals surface area contributed by atoms with Gasteiger partial charge in [-0.25, -0.2) is 13.2 Å². The van der Waals surface area contributed by atoms with Gasteiger partial charge in [-0.05, 0) is 42.2 Å². The molecule has 1 N–H and O–H groups in total. The van der Waals surface area contributed by atoms with Gasteiger partial charge in [-0.2, -0.15) is 0 Å². The molecule has 1 atom stereocenters. The van der Waals surface area contributed by atoms with Crippen LogP contribution in [0.3, 0.4) is 0 Å². The molecule has 0 amide bonds. The highest BCUT2D eigenvalue weighted by molar-refractivity contribution is 6.31. The van der Waals surface area contributed by atoms with Crippen LogP contribution in [0.1, 0.15) is 24.0 Å². The fraction of sp³-hybridized carbons (Fsp3) is 0.364. The molecule has 1 aromatic heterocycles. The normalized spacial score (nSPS) is 19.9. The summed E-state index contributed by atoms with van der Waals surface area (Å²) in [7, 11) is 0. The second kappa shape index (κ2) is 7.80. The summed E-state index contributed by atoms with van der Waals surface area (Å²) in [5.41, 5.74) is 2.52. The van der Waals surface area contributed by atoms with Crippen LogP contribution in [0.5, 0.6) is 0 Å². The van der Waals surface area contributed by atoms with Crippen LogP contribution in [0.4, 0.5) is 13.2 Å². The second-order valence-corrected chi connectivity index (χ2v) is 8.01. The fourth-order valence-corrected chi connectivity index (χ4v) is 4.23. The number of H-pyrrole nitrogens is 1. The predicted octanol–water partition coefficient (Wildman–Crippen LogP) is 6.05. The Hall–Kier alpha value is -1.98.